The highest BCUT2D eigenvalue weighted by atomic mass is 15.0. The molecule has 0 N–H and O–H groups in total. The molecule has 0 saturated heterocycles. The lowest BCUT2D eigenvalue weighted by Crippen LogP contribution is -2.03. The molecule has 0 unspecified atom stereocenters. The van der Waals surface area contributed by atoms with Crippen molar-refractivity contribution in [3.05, 3.63) is 279 Å². The van der Waals surface area contributed by atoms with Crippen molar-refractivity contribution < 1.29 is 0 Å². The van der Waals surface area contributed by atoms with Crippen LogP contribution in [-0.2, 0) is 0 Å². The molecule has 0 aliphatic heterocycles. The number of hydrogen-bond donors (Lipinski definition) is 0. The van der Waals surface area contributed by atoms with Crippen molar-refractivity contribution in [2.75, 3.05) is 0 Å². The summed E-state index contributed by atoms with van der Waals surface area (Å²) in [6.45, 7) is 0. The summed E-state index contributed by atoms with van der Waals surface area (Å²) >= 11 is 0. The van der Waals surface area contributed by atoms with Gasteiger partial charge in [0.15, 0.2) is 5.82 Å². The quantitative estimate of drug-likeness (QED) is 0.145. The summed E-state index contributed by atoms with van der Waals surface area (Å²) < 4.78 is 4.94. The molecule has 14 aromatic rings. The van der Waals surface area contributed by atoms with Gasteiger partial charge in [0.25, 0.3) is 0 Å². The molecule has 4 nitrogen and oxygen atoms in total. The van der Waals surface area contributed by atoms with Crippen molar-refractivity contribution in [1.82, 2.24) is 19.1 Å². The Labute approximate surface area is 429 Å². The van der Waals surface area contributed by atoms with E-state index < -0.39 is 0 Å². The first-order valence-electron chi connectivity index (χ1n) is 25.2. The number of fused-ring (bicyclic) bond motifs is 6. The molecule has 3 heterocycles. The Hall–Kier alpha value is -9.90. The van der Waals surface area contributed by atoms with Gasteiger partial charge in [0.2, 0.25) is 0 Å². The monoisotopic (exact) mass is 942 g/mol. The van der Waals surface area contributed by atoms with Gasteiger partial charge >= 0.3 is 0 Å². The minimum Gasteiger partial charge on any atom is -0.309 e. The third kappa shape index (κ3) is 7.48. The van der Waals surface area contributed by atoms with Gasteiger partial charge in [0.1, 0.15) is 0 Å². The largest absolute Gasteiger partial charge is 0.309 e. The van der Waals surface area contributed by atoms with Gasteiger partial charge in [-0.15, -0.1) is 0 Å². The van der Waals surface area contributed by atoms with E-state index in [0.717, 1.165) is 78.3 Å². The molecular formula is C70H46N4. The minimum absolute atomic E-state index is 0.681. The molecule has 0 bridgehead atoms. The van der Waals surface area contributed by atoms with Gasteiger partial charge in [0, 0.05) is 55.0 Å². The molecular weight excluding hydrogens is 897 g/mol. The van der Waals surface area contributed by atoms with Crippen LogP contribution in [0.5, 0.6) is 0 Å². The molecule has 3 aromatic heterocycles. The van der Waals surface area contributed by atoms with E-state index >= 15 is 0 Å². The Kier molecular flexibility index (Phi) is 10.5. The zero-order chi connectivity index (χ0) is 49.0. The highest BCUT2D eigenvalue weighted by Gasteiger charge is 2.24. The molecule has 74 heavy (non-hydrogen) atoms. The predicted octanol–water partition coefficient (Wildman–Crippen LogP) is 18.3. The number of aromatic nitrogens is 4. The van der Waals surface area contributed by atoms with Crippen LogP contribution < -0.4 is 0 Å². The van der Waals surface area contributed by atoms with Crippen LogP contribution in [0.25, 0.3) is 133 Å². The molecule has 0 aliphatic carbocycles. The molecule has 0 saturated carbocycles. The van der Waals surface area contributed by atoms with Gasteiger partial charge < -0.3 is 9.13 Å². The maximum Gasteiger partial charge on any atom is 0.160 e. The lowest BCUT2D eigenvalue weighted by molar-refractivity contribution is 1.16. The number of hydrogen-bond acceptors (Lipinski definition) is 2. The fourth-order valence-electron chi connectivity index (χ4n) is 11.0. The van der Waals surface area contributed by atoms with Gasteiger partial charge in [-0.2, -0.15) is 0 Å². The standard InChI is InChI=1S/C70H46N4/c1-6-21-47(22-7-1)52-31-20-32-53(41-52)54-37-39-67-61(42-54)62-45-56(73-65-35-18-16-33-57(65)58-34-17-19-36-66(58)73)38-40-68(62)74(67)69-59(48-23-8-2-9-24-48)43-55(44-60(69)49-25-10-3-11-26-49)64-46-63(50-27-12-4-13-28-50)71-70(72-64)51-29-14-5-15-30-51/h1-46H. The number of benzene rings is 11. The maximum absolute atomic E-state index is 5.38. The van der Waals surface area contributed by atoms with E-state index in [9.17, 15) is 0 Å². The van der Waals surface area contributed by atoms with Crippen molar-refractivity contribution in [2.24, 2.45) is 0 Å². The van der Waals surface area contributed by atoms with E-state index in [1.807, 2.05) is 24.3 Å². The van der Waals surface area contributed by atoms with E-state index in [1.54, 1.807) is 0 Å². The van der Waals surface area contributed by atoms with Crippen molar-refractivity contribution in [3.63, 3.8) is 0 Å². The summed E-state index contributed by atoms with van der Waals surface area (Å²) in [6.07, 6.45) is 0. The van der Waals surface area contributed by atoms with Crippen molar-refractivity contribution in [3.8, 4) is 89.8 Å². The summed E-state index contributed by atoms with van der Waals surface area (Å²) in [5, 5.41) is 4.81. The fraction of sp³-hybridized carbons (Fsp3) is 0. The third-order valence-corrected chi connectivity index (χ3v) is 14.5. The molecule has 0 spiro atoms. The van der Waals surface area contributed by atoms with E-state index in [2.05, 4.69) is 264 Å². The Morgan fingerprint density at radius 2 is 0.649 bits per heavy atom. The maximum atomic E-state index is 5.38. The van der Waals surface area contributed by atoms with Crippen LogP contribution in [-0.4, -0.2) is 19.1 Å². The smallest absolute Gasteiger partial charge is 0.160 e. The second-order valence-corrected chi connectivity index (χ2v) is 18.9. The zero-order valence-corrected chi connectivity index (χ0v) is 40.3. The van der Waals surface area contributed by atoms with Crippen molar-refractivity contribution >= 4 is 43.6 Å². The first-order chi connectivity index (χ1) is 36.7. The third-order valence-electron chi connectivity index (χ3n) is 14.5. The highest BCUT2D eigenvalue weighted by molar-refractivity contribution is 6.14. The van der Waals surface area contributed by atoms with E-state index in [-0.39, 0.29) is 0 Å². The molecule has 11 aromatic carbocycles. The van der Waals surface area contributed by atoms with E-state index in [1.165, 1.54) is 49.3 Å². The molecule has 0 fully saturated rings. The average molecular weight is 943 g/mol. The fourth-order valence-corrected chi connectivity index (χ4v) is 11.0. The summed E-state index contributed by atoms with van der Waals surface area (Å²) in [5.41, 5.74) is 20.6. The summed E-state index contributed by atoms with van der Waals surface area (Å²) in [6, 6.07) is 100. The molecule has 0 aliphatic rings. The van der Waals surface area contributed by atoms with Crippen LogP contribution in [0, 0.1) is 0 Å². The van der Waals surface area contributed by atoms with Gasteiger partial charge in [-0.25, -0.2) is 9.97 Å². The number of rotatable bonds is 9. The molecule has 0 atom stereocenters. The lowest BCUT2D eigenvalue weighted by atomic mass is 9.91. The van der Waals surface area contributed by atoms with Gasteiger partial charge in [0.05, 0.1) is 39.1 Å². The zero-order valence-electron chi connectivity index (χ0n) is 40.3. The topological polar surface area (TPSA) is 35.6 Å². The second kappa shape index (κ2) is 18.1. The number of nitrogens with zero attached hydrogens (tertiary/aromatic N) is 4. The summed E-state index contributed by atoms with van der Waals surface area (Å²) in [7, 11) is 0. The summed E-state index contributed by atoms with van der Waals surface area (Å²) in [5.74, 6) is 0.681. The minimum atomic E-state index is 0.681. The first kappa shape index (κ1) is 42.9. The normalized spacial score (nSPS) is 11.5. The van der Waals surface area contributed by atoms with E-state index in [4.69, 9.17) is 9.97 Å². The second-order valence-electron chi connectivity index (χ2n) is 18.9. The first-order valence-corrected chi connectivity index (χ1v) is 25.2. The number of para-hydroxylation sites is 2. The van der Waals surface area contributed by atoms with E-state index in [0.29, 0.717) is 5.82 Å². The molecule has 346 valence electrons. The molecule has 0 radical (unpaired) electrons. The SMILES string of the molecule is c1ccc(-c2cccc(-c3ccc4c(c3)c3cc(-n5c6ccccc6c6ccccc65)ccc3n4-c3c(-c4ccccc4)cc(-c4cc(-c5ccccc5)nc(-c5ccccc5)n4)cc3-c3ccccc3)c2)cc1. The van der Waals surface area contributed by atoms with Gasteiger partial charge in [-0.1, -0.05) is 212 Å². The van der Waals surface area contributed by atoms with Crippen molar-refractivity contribution in [1.29, 1.82) is 0 Å². The summed E-state index contributed by atoms with van der Waals surface area (Å²) in [4.78, 5) is 10.6. The van der Waals surface area contributed by atoms with Gasteiger partial charge in [-0.3, -0.25) is 0 Å². The lowest BCUT2D eigenvalue weighted by Gasteiger charge is -2.21. The average Bonchev–Trinajstić information content (AvgIpc) is 4.00. The molecule has 4 heteroatoms. The van der Waals surface area contributed by atoms with Crippen LogP contribution in [0.15, 0.2) is 279 Å². The van der Waals surface area contributed by atoms with Crippen LogP contribution in [0.2, 0.25) is 0 Å². The Bertz CT molecular complexity index is 4210. The van der Waals surface area contributed by atoms with Gasteiger partial charge in [-0.05, 0) is 100 Å². The Balaban J connectivity index is 1.07. The van der Waals surface area contributed by atoms with Crippen molar-refractivity contribution in [2.45, 2.75) is 0 Å². The Morgan fingerprint density at radius 3 is 1.23 bits per heavy atom. The Morgan fingerprint density at radius 1 is 0.230 bits per heavy atom. The highest BCUT2D eigenvalue weighted by Crippen LogP contribution is 2.46. The predicted molar refractivity (Wildman–Crippen MR) is 309 cm³/mol. The van der Waals surface area contributed by atoms with Crippen LogP contribution in [0.1, 0.15) is 0 Å². The van der Waals surface area contributed by atoms with Crippen LogP contribution in [0.4, 0.5) is 0 Å². The van der Waals surface area contributed by atoms with Crippen LogP contribution >= 0.6 is 0 Å². The molecule has 0 amide bonds. The molecule has 14 rings (SSSR count). The van der Waals surface area contributed by atoms with Crippen LogP contribution in [0.3, 0.4) is 0 Å².